The Kier molecular flexibility index (Phi) is 4.62. The second kappa shape index (κ2) is 6.08. The second-order valence-corrected chi connectivity index (χ2v) is 6.32. The minimum absolute atomic E-state index is 0.106. The predicted molar refractivity (Wildman–Crippen MR) is 80.0 cm³/mol. The van der Waals surface area contributed by atoms with Crippen LogP contribution in [0.4, 0.5) is 4.39 Å². The zero-order valence-corrected chi connectivity index (χ0v) is 12.7. The highest BCUT2D eigenvalue weighted by molar-refractivity contribution is 7.21. The van der Waals surface area contributed by atoms with Crippen LogP contribution in [0, 0.1) is 11.7 Å². The number of hydrogen-bond acceptors (Lipinski definition) is 3. The summed E-state index contributed by atoms with van der Waals surface area (Å²) >= 11 is 7.32. The Morgan fingerprint density at radius 3 is 2.80 bits per heavy atom. The maximum absolute atomic E-state index is 13.2. The molecule has 3 nitrogen and oxygen atoms in total. The van der Waals surface area contributed by atoms with E-state index in [1.165, 1.54) is 12.1 Å². The fraction of sp³-hybridized carbons (Fsp3) is 0.357. The van der Waals surface area contributed by atoms with Gasteiger partial charge in [-0.15, -0.1) is 11.3 Å². The van der Waals surface area contributed by atoms with Crippen LogP contribution in [0.3, 0.4) is 0 Å². The number of benzene rings is 1. The Bertz CT molecular complexity index is 641. The summed E-state index contributed by atoms with van der Waals surface area (Å²) < 4.78 is 13.8. The molecule has 1 heterocycles. The van der Waals surface area contributed by atoms with Gasteiger partial charge < -0.3 is 10.4 Å². The standard InChI is InChI=1S/C14H15ClFNO2S/c1-7(2)10(6-18)17-14(19)13-12(15)9-4-3-8(16)5-11(9)20-13/h3-5,7,10,18H,6H2,1-2H3,(H,17,19). The van der Waals surface area contributed by atoms with Crippen molar-refractivity contribution in [1.82, 2.24) is 5.32 Å². The van der Waals surface area contributed by atoms with Crippen LogP contribution in [0.25, 0.3) is 10.1 Å². The van der Waals surface area contributed by atoms with Crippen LogP contribution in [-0.2, 0) is 0 Å². The number of nitrogens with one attached hydrogen (secondary N) is 1. The zero-order chi connectivity index (χ0) is 14.9. The number of fused-ring (bicyclic) bond motifs is 1. The van der Waals surface area contributed by atoms with Gasteiger partial charge in [0, 0.05) is 10.1 Å². The van der Waals surface area contributed by atoms with E-state index < -0.39 is 0 Å². The second-order valence-electron chi connectivity index (χ2n) is 4.89. The molecule has 1 amide bonds. The topological polar surface area (TPSA) is 49.3 Å². The van der Waals surface area contributed by atoms with Crippen LogP contribution in [0.1, 0.15) is 23.5 Å². The van der Waals surface area contributed by atoms with Crippen molar-refractivity contribution in [3.8, 4) is 0 Å². The van der Waals surface area contributed by atoms with Crippen LogP contribution < -0.4 is 5.32 Å². The predicted octanol–water partition coefficient (Wildman–Crippen LogP) is 3.44. The van der Waals surface area contributed by atoms with Crippen LogP contribution in [-0.4, -0.2) is 23.7 Å². The minimum Gasteiger partial charge on any atom is -0.394 e. The van der Waals surface area contributed by atoms with E-state index >= 15 is 0 Å². The molecule has 1 unspecified atom stereocenters. The lowest BCUT2D eigenvalue weighted by atomic mass is 10.1. The summed E-state index contributed by atoms with van der Waals surface area (Å²) in [4.78, 5) is 12.5. The molecule has 0 saturated heterocycles. The monoisotopic (exact) mass is 315 g/mol. The number of halogens is 2. The van der Waals surface area contributed by atoms with Gasteiger partial charge in [0.15, 0.2) is 0 Å². The van der Waals surface area contributed by atoms with Crippen molar-refractivity contribution in [3.05, 3.63) is 33.9 Å². The van der Waals surface area contributed by atoms with Gasteiger partial charge >= 0.3 is 0 Å². The van der Waals surface area contributed by atoms with Crippen molar-refractivity contribution in [2.24, 2.45) is 5.92 Å². The van der Waals surface area contributed by atoms with Gasteiger partial charge in [-0.1, -0.05) is 25.4 Å². The molecule has 0 radical (unpaired) electrons. The fourth-order valence-corrected chi connectivity index (χ4v) is 3.29. The Morgan fingerprint density at radius 2 is 2.20 bits per heavy atom. The number of aliphatic hydroxyl groups excluding tert-OH is 1. The highest BCUT2D eigenvalue weighted by Crippen LogP contribution is 2.35. The summed E-state index contributed by atoms with van der Waals surface area (Å²) in [5, 5.41) is 13.0. The quantitative estimate of drug-likeness (QED) is 0.908. The molecule has 0 aliphatic rings. The van der Waals surface area contributed by atoms with Gasteiger partial charge in [-0.2, -0.15) is 0 Å². The fourth-order valence-electron chi connectivity index (χ4n) is 1.84. The van der Waals surface area contributed by atoms with Crippen molar-refractivity contribution in [2.45, 2.75) is 19.9 Å². The Labute approximate surface area is 125 Å². The molecule has 1 aromatic carbocycles. The third-order valence-corrected chi connectivity index (χ3v) is 4.77. The summed E-state index contributed by atoms with van der Waals surface area (Å²) in [6.07, 6.45) is 0. The van der Waals surface area contributed by atoms with E-state index in [2.05, 4.69) is 5.32 Å². The maximum Gasteiger partial charge on any atom is 0.263 e. The van der Waals surface area contributed by atoms with E-state index in [9.17, 15) is 14.3 Å². The first-order chi connectivity index (χ1) is 9.43. The van der Waals surface area contributed by atoms with Crippen LogP contribution in [0.15, 0.2) is 18.2 Å². The van der Waals surface area contributed by atoms with Crippen molar-refractivity contribution in [2.75, 3.05) is 6.61 Å². The van der Waals surface area contributed by atoms with Crippen LogP contribution in [0.2, 0.25) is 5.02 Å². The van der Waals surface area contributed by atoms with E-state index in [0.717, 1.165) is 11.3 Å². The molecular weight excluding hydrogens is 301 g/mol. The van der Waals surface area contributed by atoms with Crippen molar-refractivity contribution >= 4 is 38.9 Å². The lowest BCUT2D eigenvalue weighted by Crippen LogP contribution is -2.40. The molecule has 108 valence electrons. The van der Waals surface area contributed by atoms with Gasteiger partial charge in [0.1, 0.15) is 10.7 Å². The molecule has 0 saturated carbocycles. The molecule has 6 heteroatoms. The minimum atomic E-state index is -0.363. The molecule has 0 aliphatic carbocycles. The molecule has 0 spiro atoms. The Hall–Kier alpha value is -1.17. The maximum atomic E-state index is 13.2. The average molecular weight is 316 g/mol. The van der Waals surface area contributed by atoms with Gasteiger partial charge in [-0.05, 0) is 24.1 Å². The normalized spacial score (nSPS) is 12.9. The molecule has 2 aromatic rings. The number of rotatable bonds is 4. The lowest BCUT2D eigenvalue weighted by Gasteiger charge is -2.19. The first-order valence-corrected chi connectivity index (χ1v) is 7.42. The molecule has 2 N–H and O–H groups in total. The van der Waals surface area contributed by atoms with E-state index in [1.54, 1.807) is 6.07 Å². The van der Waals surface area contributed by atoms with Gasteiger partial charge in [-0.3, -0.25) is 4.79 Å². The van der Waals surface area contributed by atoms with Crippen molar-refractivity contribution < 1.29 is 14.3 Å². The number of carbonyl (C=O) groups is 1. The van der Waals surface area contributed by atoms with Crippen molar-refractivity contribution in [1.29, 1.82) is 0 Å². The molecule has 1 atom stereocenters. The van der Waals surface area contributed by atoms with E-state index in [4.69, 9.17) is 11.6 Å². The van der Waals surface area contributed by atoms with Crippen LogP contribution >= 0.6 is 22.9 Å². The van der Waals surface area contributed by atoms with E-state index in [-0.39, 0.29) is 30.3 Å². The number of hydrogen-bond donors (Lipinski definition) is 2. The average Bonchev–Trinajstić information content (AvgIpc) is 2.72. The summed E-state index contributed by atoms with van der Waals surface area (Å²) in [5.74, 6) is -0.600. The van der Waals surface area contributed by atoms with E-state index in [1.807, 2.05) is 13.8 Å². The zero-order valence-electron chi connectivity index (χ0n) is 11.1. The summed E-state index contributed by atoms with van der Waals surface area (Å²) in [5.41, 5.74) is 0. The van der Waals surface area contributed by atoms with Gasteiger partial charge in [0.25, 0.3) is 5.91 Å². The molecule has 0 aliphatic heterocycles. The molecule has 2 rings (SSSR count). The molecule has 0 fully saturated rings. The third kappa shape index (κ3) is 2.95. The number of amides is 1. The molecule has 0 bridgehead atoms. The highest BCUT2D eigenvalue weighted by Gasteiger charge is 2.21. The Balaban J connectivity index is 2.33. The number of aliphatic hydroxyl groups is 1. The van der Waals surface area contributed by atoms with Gasteiger partial charge in [0.2, 0.25) is 0 Å². The smallest absolute Gasteiger partial charge is 0.263 e. The Morgan fingerprint density at radius 1 is 1.50 bits per heavy atom. The largest absolute Gasteiger partial charge is 0.394 e. The first-order valence-electron chi connectivity index (χ1n) is 6.23. The third-order valence-electron chi connectivity index (χ3n) is 3.12. The SMILES string of the molecule is CC(C)C(CO)NC(=O)c1sc2cc(F)ccc2c1Cl. The van der Waals surface area contributed by atoms with Gasteiger partial charge in [-0.25, -0.2) is 4.39 Å². The molecule has 20 heavy (non-hydrogen) atoms. The summed E-state index contributed by atoms with van der Waals surface area (Å²) in [6, 6.07) is 3.90. The lowest BCUT2D eigenvalue weighted by molar-refractivity contribution is 0.0901. The van der Waals surface area contributed by atoms with Crippen LogP contribution in [0.5, 0.6) is 0 Å². The summed E-state index contributed by atoms with van der Waals surface area (Å²) in [6.45, 7) is 3.67. The van der Waals surface area contributed by atoms with Gasteiger partial charge in [0.05, 0.1) is 17.7 Å². The molecular formula is C14H15ClFNO2S. The molecule has 1 aromatic heterocycles. The number of thiophene rings is 1. The highest BCUT2D eigenvalue weighted by atomic mass is 35.5. The number of carbonyl (C=O) groups excluding carboxylic acids is 1. The first kappa shape index (κ1) is 15.2. The van der Waals surface area contributed by atoms with Crippen molar-refractivity contribution in [3.63, 3.8) is 0 Å². The van der Waals surface area contributed by atoms with E-state index in [0.29, 0.717) is 20.0 Å². The summed E-state index contributed by atoms with van der Waals surface area (Å²) in [7, 11) is 0.